The van der Waals surface area contributed by atoms with E-state index in [0.29, 0.717) is 12.1 Å². The van der Waals surface area contributed by atoms with Gasteiger partial charge < -0.3 is 9.30 Å². The van der Waals surface area contributed by atoms with E-state index in [1.807, 2.05) is 35.0 Å². The van der Waals surface area contributed by atoms with Gasteiger partial charge in [0.25, 0.3) is 0 Å². The summed E-state index contributed by atoms with van der Waals surface area (Å²) >= 11 is 5.82. The first-order valence-corrected chi connectivity index (χ1v) is 6.63. The maximum absolute atomic E-state index is 14.0. The molecule has 0 unspecified atom stereocenters. The Morgan fingerprint density at radius 2 is 1.95 bits per heavy atom. The molecule has 3 aromatic rings. The molecule has 0 radical (unpaired) electrons. The summed E-state index contributed by atoms with van der Waals surface area (Å²) in [5.74, 6) is 0.451. The summed E-state index contributed by atoms with van der Waals surface area (Å²) in [5, 5.41) is 1.16. The molecule has 0 amide bonds. The van der Waals surface area contributed by atoms with Crippen molar-refractivity contribution in [3.05, 3.63) is 65.1 Å². The third-order valence-electron chi connectivity index (χ3n) is 3.37. The number of hydrogen-bond acceptors (Lipinski definition) is 1. The van der Waals surface area contributed by atoms with Gasteiger partial charge in [-0.1, -0.05) is 29.8 Å². The molecule has 1 aromatic heterocycles. The average Bonchev–Trinajstić information content (AvgIpc) is 2.87. The van der Waals surface area contributed by atoms with E-state index in [0.717, 1.165) is 16.7 Å². The van der Waals surface area contributed by atoms with E-state index >= 15 is 0 Å². The molecule has 0 atom stereocenters. The normalized spacial score (nSPS) is 10.9. The van der Waals surface area contributed by atoms with Crippen molar-refractivity contribution in [2.24, 2.45) is 0 Å². The summed E-state index contributed by atoms with van der Waals surface area (Å²) in [6.07, 6.45) is 1.92. The number of methoxy groups -OCH3 is 1. The molecule has 0 aliphatic carbocycles. The Hall–Kier alpha value is -2.00. The van der Waals surface area contributed by atoms with Crippen molar-refractivity contribution in [2.45, 2.75) is 6.54 Å². The van der Waals surface area contributed by atoms with Gasteiger partial charge in [0.1, 0.15) is 11.6 Å². The van der Waals surface area contributed by atoms with Crippen LogP contribution in [0.5, 0.6) is 5.75 Å². The van der Waals surface area contributed by atoms with Crippen LogP contribution in [0, 0.1) is 5.82 Å². The number of rotatable bonds is 3. The number of nitrogens with zero attached hydrogens (tertiary/aromatic N) is 1. The van der Waals surface area contributed by atoms with Crippen LogP contribution >= 0.6 is 11.6 Å². The van der Waals surface area contributed by atoms with Gasteiger partial charge >= 0.3 is 0 Å². The summed E-state index contributed by atoms with van der Waals surface area (Å²) < 4.78 is 21.3. The monoisotopic (exact) mass is 289 g/mol. The van der Waals surface area contributed by atoms with Crippen molar-refractivity contribution in [1.29, 1.82) is 0 Å². The second kappa shape index (κ2) is 5.17. The first-order valence-electron chi connectivity index (χ1n) is 6.25. The largest absolute Gasteiger partial charge is 0.496 e. The molecule has 0 fully saturated rings. The maximum Gasteiger partial charge on any atom is 0.146 e. The van der Waals surface area contributed by atoms with Gasteiger partial charge in [0.15, 0.2) is 0 Å². The van der Waals surface area contributed by atoms with Crippen LogP contribution in [0.15, 0.2) is 48.7 Å². The van der Waals surface area contributed by atoms with E-state index in [1.54, 1.807) is 25.3 Å². The molecule has 3 rings (SSSR count). The van der Waals surface area contributed by atoms with Gasteiger partial charge in [-0.05, 0) is 24.3 Å². The minimum atomic E-state index is -0.362. The molecule has 0 N–H and O–H groups in total. The second-order valence-electron chi connectivity index (χ2n) is 4.55. The fourth-order valence-corrected chi connectivity index (χ4v) is 2.56. The highest BCUT2D eigenvalue weighted by Crippen LogP contribution is 2.27. The summed E-state index contributed by atoms with van der Waals surface area (Å²) in [4.78, 5) is 0. The summed E-state index contributed by atoms with van der Waals surface area (Å²) in [7, 11) is 1.64. The van der Waals surface area contributed by atoms with Crippen LogP contribution in [0.1, 0.15) is 5.56 Å². The van der Waals surface area contributed by atoms with Crippen molar-refractivity contribution in [3.8, 4) is 5.75 Å². The Balaban J connectivity index is 2.05. The fourth-order valence-electron chi connectivity index (χ4n) is 2.37. The molecular weight excluding hydrogens is 277 g/mol. The predicted molar refractivity (Wildman–Crippen MR) is 79.0 cm³/mol. The van der Waals surface area contributed by atoms with Crippen molar-refractivity contribution >= 4 is 22.5 Å². The maximum atomic E-state index is 14.0. The lowest BCUT2D eigenvalue weighted by molar-refractivity contribution is 0.420. The molecule has 2 aromatic carbocycles. The lowest BCUT2D eigenvalue weighted by Gasteiger charge is -2.08. The van der Waals surface area contributed by atoms with Gasteiger partial charge in [-0.15, -0.1) is 0 Å². The number of benzene rings is 2. The summed E-state index contributed by atoms with van der Waals surface area (Å²) in [6, 6.07) is 12.8. The highest BCUT2D eigenvalue weighted by molar-refractivity contribution is 6.30. The van der Waals surface area contributed by atoms with Gasteiger partial charge in [-0.3, -0.25) is 0 Å². The molecule has 0 spiro atoms. The van der Waals surface area contributed by atoms with Crippen LogP contribution in [0.2, 0.25) is 5.02 Å². The average molecular weight is 290 g/mol. The van der Waals surface area contributed by atoms with E-state index in [2.05, 4.69) is 0 Å². The second-order valence-corrected chi connectivity index (χ2v) is 4.96. The molecule has 102 valence electrons. The van der Waals surface area contributed by atoms with Gasteiger partial charge in [0.05, 0.1) is 24.2 Å². The highest BCUT2D eigenvalue weighted by Gasteiger charge is 2.10. The Bertz CT molecular complexity index is 766. The SMILES string of the molecule is COc1cccc2c1ccn2Cc1cccc(Cl)c1F. The zero-order chi connectivity index (χ0) is 14.1. The van der Waals surface area contributed by atoms with Crippen molar-refractivity contribution in [1.82, 2.24) is 4.57 Å². The van der Waals surface area contributed by atoms with Crippen LogP contribution in [0.3, 0.4) is 0 Å². The topological polar surface area (TPSA) is 14.2 Å². The molecule has 4 heteroatoms. The van der Waals surface area contributed by atoms with Crippen LogP contribution in [0.25, 0.3) is 10.9 Å². The highest BCUT2D eigenvalue weighted by atomic mass is 35.5. The first-order chi connectivity index (χ1) is 9.70. The number of halogens is 2. The number of fused-ring (bicyclic) bond motifs is 1. The third-order valence-corrected chi connectivity index (χ3v) is 3.66. The molecule has 20 heavy (non-hydrogen) atoms. The molecule has 0 saturated carbocycles. The lowest BCUT2D eigenvalue weighted by atomic mass is 10.2. The quantitative estimate of drug-likeness (QED) is 0.693. The molecular formula is C16H13ClFNO. The Morgan fingerprint density at radius 1 is 1.15 bits per heavy atom. The van der Waals surface area contributed by atoms with Crippen LogP contribution in [-0.4, -0.2) is 11.7 Å². The summed E-state index contributed by atoms with van der Waals surface area (Å²) in [6.45, 7) is 0.434. The number of hydrogen-bond donors (Lipinski definition) is 0. The lowest BCUT2D eigenvalue weighted by Crippen LogP contribution is -2.00. The van der Waals surface area contributed by atoms with E-state index in [1.165, 1.54) is 0 Å². The zero-order valence-corrected chi connectivity index (χ0v) is 11.7. The Labute approximate surface area is 121 Å². The zero-order valence-electron chi connectivity index (χ0n) is 10.9. The van der Waals surface area contributed by atoms with Crippen LogP contribution in [0.4, 0.5) is 4.39 Å². The van der Waals surface area contributed by atoms with E-state index < -0.39 is 0 Å². The minimum absolute atomic E-state index is 0.150. The van der Waals surface area contributed by atoms with Crippen LogP contribution in [-0.2, 0) is 6.54 Å². The Morgan fingerprint density at radius 3 is 2.75 bits per heavy atom. The molecule has 1 heterocycles. The number of ether oxygens (including phenoxy) is 1. The van der Waals surface area contributed by atoms with E-state index in [4.69, 9.17) is 16.3 Å². The summed E-state index contributed by atoms with van der Waals surface area (Å²) in [5.41, 5.74) is 1.57. The molecule has 0 saturated heterocycles. The fraction of sp³-hybridized carbons (Fsp3) is 0.125. The van der Waals surface area contributed by atoms with Crippen molar-refractivity contribution in [2.75, 3.05) is 7.11 Å². The standard InChI is InChI=1S/C16H13ClFNO/c1-20-15-7-3-6-14-12(15)8-9-19(14)10-11-4-2-5-13(17)16(11)18/h2-9H,10H2,1H3. The third kappa shape index (κ3) is 2.14. The van der Waals surface area contributed by atoms with Crippen molar-refractivity contribution < 1.29 is 9.13 Å². The van der Waals surface area contributed by atoms with Gasteiger partial charge in [-0.2, -0.15) is 0 Å². The Kier molecular flexibility index (Phi) is 3.36. The molecule has 0 bridgehead atoms. The smallest absolute Gasteiger partial charge is 0.146 e. The molecule has 2 nitrogen and oxygen atoms in total. The van der Waals surface area contributed by atoms with Crippen molar-refractivity contribution in [3.63, 3.8) is 0 Å². The van der Waals surface area contributed by atoms with Gasteiger partial charge in [-0.25, -0.2) is 4.39 Å². The predicted octanol–water partition coefficient (Wildman–Crippen LogP) is 4.49. The minimum Gasteiger partial charge on any atom is -0.496 e. The first kappa shape index (κ1) is 13.0. The van der Waals surface area contributed by atoms with Gasteiger partial charge in [0.2, 0.25) is 0 Å². The molecule has 0 aliphatic heterocycles. The van der Waals surface area contributed by atoms with E-state index in [9.17, 15) is 4.39 Å². The number of aromatic nitrogens is 1. The van der Waals surface area contributed by atoms with Gasteiger partial charge in [0, 0.05) is 17.1 Å². The van der Waals surface area contributed by atoms with E-state index in [-0.39, 0.29) is 10.8 Å². The molecule has 0 aliphatic rings. The van der Waals surface area contributed by atoms with Crippen LogP contribution < -0.4 is 4.74 Å².